The number of non-ortho nitro benzene ring substituents is 1. The van der Waals surface area contributed by atoms with Gasteiger partial charge in [0.1, 0.15) is 6.04 Å². The lowest BCUT2D eigenvalue weighted by atomic mass is 10.1. The summed E-state index contributed by atoms with van der Waals surface area (Å²) >= 11 is 5.56. The first-order valence-corrected chi connectivity index (χ1v) is 6.22. The summed E-state index contributed by atoms with van der Waals surface area (Å²) in [7, 11) is 1.31. The molecule has 0 aliphatic carbocycles. The number of nitrogens with zero attached hydrogens (tertiary/aromatic N) is 1. The summed E-state index contributed by atoms with van der Waals surface area (Å²) < 4.78 is 4.69. The van der Waals surface area contributed by atoms with E-state index in [9.17, 15) is 14.9 Å². The van der Waals surface area contributed by atoms with Crippen molar-refractivity contribution in [3.05, 3.63) is 39.9 Å². The van der Waals surface area contributed by atoms with Gasteiger partial charge in [-0.25, -0.2) is 0 Å². The molecule has 0 radical (unpaired) electrons. The lowest BCUT2D eigenvalue weighted by Crippen LogP contribution is -2.40. The first-order chi connectivity index (χ1) is 9.08. The van der Waals surface area contributed by atoms with Crippen LogP contribution < -0.4 is 5.32 Å². The van der Waals surface area contributed by atoms with Crippen LogP contribution >= 0.6 is 11.6 Å². The van der Waals surface area contributed by atoms with Gasteiger partial charge in [0.25, 0.3) is 5.69 Å². The fourth-order valence-electron chi connectivity index (χ4n) is 1.60. The number of carbonyl (C=O) groups excluding carboxylic acids is 1. The fraction of sp³-hybridized carbons (Fsp3) is 0.417. The number of esters is 1. The Hall–Kier alpha value is -1.66. The summed E-state index contributed by atoms with van der Waals surface area (Å²) in [4.78, 5) is 21.6. The van der Waals surface area contributed by atoms with Gasteiger partial charge in [-0.3, -0.25) is 14.9 Å². The van der Waals surface area contributed by atoms with Crippen molar-refractivity contribution >= 4 is 23.3 Å². The van der Waals surface area contributed by atoms with Gasteiger partial charge in [0.15, 0.2) is 0 Å². The number of rotatable bonds is 7. The molecule has 0 heterocycles. The molecule has 19 heavy (non-hydrogen) atoms. The van der Waals surface area contributed by atoms with Crippen molar-refractivity contribution in [3.63, 3.8) is 0 Å². The van der Waals surface area contributed by atoms with Gasteiger partial charge in [0.05, 0.1) is 12.0 Å². The highest BCUT2D eigenvalue weighted by Crippen LogP contribution is 2.13. The van der Waals surface area contributed by atoms with Gasteiger partial charge < -0.3 is 10.1 Å². The summed E-state index contributed by atoms with van der Waals surface area (Å²) in [5, 5.41) is 13.5. The maximum Gasteiger partial charge on any atom is 0.323 e. The number of nitrogens with one attached hydrogen (secondary N) is 1. The monoisotopic (exact) mass is 286 g/mol. The van der Waals surface area contributed by atoms with Crippen LogP contribution in [0.1, 0.15) is 5.56 Å². The number of benzene rings is 1. The lowest BCUT2D eigenvalue weighted by molar-refractivity contribution is -0.384. The molecule has 1 aromatic rings. The zero-order valence-electron chi connectivity index (χ0n) is 10.5. The van der Waals surface area contributed by atoms with E-state index in [1.807, 2.05) is 0 Å². The molecule has 1 aromatic carbocycles. The Bertz CT molecular complexity index is 436. The van der Waals surface area contributed by atoms with E-state index in [0.29, 0.717) is 18.8 Å². The van der Waals surface area contributed by atoms with Gasteiger partial charge in [0.2, 0.25) is 0 Å². The van der Waals surface area contributed by atoms with Crippen molar-refractivity contribution in [2.45, 2.75) is 12.5 Å². The van der Waals surface area contributed by atoms with Crippen LogP contribution in [-0.2, 0) is 16.0 Å². The molecule has 0 amide bonds. The van der Waals surface area contributed by atoms with E-state index in [1.165, 1.54) is 19.2 Å². The van der Waals surface area contributed by atoms with Crippen LogP contribution in [-0.4, -0.2) is 36.5 Å². The molecule has 1 atom stereocenters. The standard InChI is InChI=1S/C12H15ClN2O4/c1-19-12(16)11(14-7-6-13)8-9-2-4-10(5-3-9)15(17)18/h2-5,11,14H,6-8H2,1H3. The highest BCUT2D eigenvalue weighted by Gasteiger charge is 2.19. The van der Waals surface area contributed by atoms with E-state index in [2.05, 4.69) is 5.32 Å². The number of nitro groups is 1. The quantitative estimate of drug-likeness (QED) is 0.356. The van der Waals surface area contributed by atoms with Crippen LogP contribution in [0.25, 0.3) is 0 Å². The van der Waals surface area contributed by atoms with Gasteiger partial charge in [-0.1, -0.05) is 12.1 Å². The average molecular weight is 287 g/mol. The van der Waals surface area contributed by atoms with Gasteiger partial charge >= 0.3 is 5.97 Å². The molecular formula is C12H15ClN2O4. The molecule has 1 rings (SSSR count). The SMILES string of the molecule is COC(=O)C(Cc1ccc([N+](=O)[O-])cc1)NCCCl. The van der Waals surface area contributed by atoms with E-state index in [4.69, 9.17) is 16.3 Å². The Morgan fingerprint density at radius 3 is 2.58 bits per heavy atom. The van der Waals surface area contributed by atoms with Crippen LogP contribution in [0.3, 0.4) is 0 Å². The van der Waals surface area contributed by atoms with Crippen molar-refractivity contribution in [2.24, 2.45) is 0 Å². The summed E-state index contributed by atoms with van der Waals surface area (Å²) in [5.41, 5.74) is 0.829. The smallest absolute Gasteiger partial charge is 0.323 e. The van der Waals surface area contributed by atoms with E-state index in [1.54, 1.807) is 12.1 Å². The Morgan fingerprint density at radius 2 is 2.11 bits per heavy atom. The number of alkyl halides is 1. The molecule has 1 unspecified atom stereocenters. The minimum absolute atomic E-state index is 0.0204. The highest BCUT2D eigenvalue weighted by atomic mass is 35.5. The number of hydrogen-bond donors (Lipinski definition) is 1. The number of methoxy groups -OCH3 is 1. The van der Waals surface area contributed by atoms with Gasteiger partial charge in [-0.15, -0.1) is 11.6 Å². The number of halogens is 1. The van der Waals surface area contributed by atoms with E-state index < -0.39 is 11.0 Å². The normalized spacial score (nSPS) is 11.9. The molecule has 7 heteroatoms. The molecule has 0 aliphatic rings. The van der Waals surface area contributed by atoms with E-state index >= 15 is 0 Å². The number of hydrogen-bond acceptors (Lipinski definition) is 5. The van der Waals surface area contributed by atoms with Crippen molar-refractivity contribution in [1.82, 2.24) is 5.32 Å². The Kier molecular flexibility index (Phi) is 6.24. The van der Waals surface area contributed by atoms with Crippen molar-refractivity contribution in [3.8, 4) is 0 Å². The fourth-order valence-corrected chi connectivity index (χ4v) is 1.71. The molecular weight excluding hydrogens is 272 g/mol. The van der Waals surface area contributed by atoms with Crippen LogP contribution in [0.4, 0.5) is 5.69 Å². The molecule has 0 aliphatic heterocycles. The number of carbonyl (C=O) groups is 1. The molecule has 0 aromatic heterocycles. The van der Waals surface area contributed by atoms with Crippen molar-refractivity contribution in [2.75, 3.05) is 19.5 Å². The largest absolute Gasteiger partial charge is 0.468 e. The van der Waals surface area contributed by atoms with Crippen LogP contribution in [0.5, 0.6) is 0 Å². The van der Waals surface area contributed by atoms with Crippen molar-refractivity contribution < 1.29 is 14.5 Å². The predicted octanol–water partition coefficient (Wildman–Crippen LogP) is 1.51. The lowest BCUT2D eigenvalue weighted by Gasteiger charge is -2.15. The highest BCUT2D eigenvalue weighted by molar-refractivity contribution is 6.18. The topological polar surface area (TPSA) is 81.5 Å². The molecule has 0 bridgehead atoms. The molecule has 0 spiro atoms. The third-order valence-corrected chi connectivity index (χ3v) is 2.75. The Balaban J connectivity index is 2.72. The molecule has 6 nitrogen and oxygen atoms in total. The third-order valence-electron chi connectivity index (χ3n) is 2.56. The minimum Gasteiger partial charge on any atom is -0.468 e. The predicted molar refractivity (Wildman–Crippen MR) is 71.3 cm³/mol. The van der Waals surface area contributed by atoms with E-state index in [0.717, 1.165) is 5.56 Å². The second-order valence-corrected chi connectivity index (χ2v) is 4.22. The van der Waals surface area contributed by atoms with Gasteiger partial charge in [0, 0.05) is 24.6 Å². The first kappa shape index (κ1) is 15.4. The summed E-state index contributed by atoms with van der Waals surface area (Å²) in [6, 6.07) is 5.55. The summed E-state index contributed by atoms with van der Waals surface area (Å²) in [6.45, 7) is 0.480. The average Bonchev–Trinajstić information content (AvgIpc) is 2.43. The summed E-state index contributed by atoms with van der Waals surface area (Å²) in [6.07, 6.45) is 0.390. The molecule has 1 N–H and O–H groups in total. The molecule has 0 saturated heterocycles. The Morgan fingerprint density at radius 1 is 1.47 bits per heavy atom. The van der Waals surface area contributed by atoms with Crippen molar-refractivity contribution in [1.29, 1.82) is 0 Å². The van der Waals surface area contributed by atoms with Gasteiger partial charge in [-0.05, 0) is 12.0 Å². The maximum absolute atomic E-state index is 11.6. The Labute approximate surface area is 115 Å². The van der Waals surface area contributed by atoms with Gasteiger partial charge in [-0.2, -0.15) is 0 Å². The second kappa shape index (κ2) is 7.70. The molecule has 0 fully saturated rings. The molecule has 0 saturated carbocycles. The van der Waals surface area contributed by atoms with Crippen LogP contribution in [0.15, 0.2) is 24.3 Å². The van der Waals surface area contributed by atoms with Crippen LogP contribution in [0.2, 0.25) is 0 Å². The number of nitro benzene ring substituents is 1. The third kappa shape index (κ3) is 4.84. The molecule has 104 valence electrons. The second-order valence-electron chi connectivity index (χ2n) is 3.85. The van der Waals surface area contributed by atoms with Crippen LogP contribution in [0, 0.1) is 10.1 Å². The van der Waals surface area contributed by atoms with E-state index in [-0.39, 0.29) is 11.7 Å². The first-order valence-electron chi connectivity index (χ1n) is 5.69. The summed E-state index contributed by atoms with van der Waals surface area (Å²) in [5.74, 6) is -0.00298. The maximum atomic E-state index is 11.6. The number of ether oxygens (including phenoxy) is 1. The minimum atomic E-state index is -0.509. The zero-order valence-corrected chi connectivity index (χ0v) is 11.2. The zero-order chi connectivity index (χ0) is 14.3.